The van der Waals surface area contributed by atoms with Gasteiger partial charge in [-0.15, -0.1) is 0 Å². The van der Waals surface area contributed by atoms with E-state index >= 15 is 0 Å². The van der Waals surface area contributed by atoms with E-state index in [0.717, 1.165) is 12.8 Å². The fourth-order valence-electron chi connectivity index (χ4n) is 1.42. The fraction of sp³-hybridized carbons (Fsp3) is 1.00. The third-order valence-corrected chi connectivity index (χ3v) is 6.24. The molecule has 1 heterocycles. The van der Waals surface area contributed by atoms with Gasteiger partial charge in [0.15, 0.2) is 9.84 Å². The van der Waals surface area contributed by atoms with E-state index in [1.54, 1.807) is 13.8 Å². The van der Waals surface area contributed by atoms with Crippen molar-refractivity contribution in [2.75, 3.05) is 24.3 Å². The zero-order valence-electron chi connectivity index (χ0n) is 9.75. The minimum atomic E-state index is -2.97. The van der Waals surface area contributed by atoms with Crippen LogP contribution in [0.25, 0.3) is 0 Å². The molecule has 0 aromatic heterocycles. The van der Waals surface area contributed by atoms with Gasteiger partial charge in [0, 0.05) is 18.8 Å². The Hall–Kier alpha value is 0.260. The van der Waals surface area contributed by atoms with Crippen molar-refractivity contribution in [3.63, 3.8) is 0 Å². The largest absolute Gasteiger partial charge is 0.312 e. The quantitative estimate of drug-likeness (QED) is 0.818. The first-order valence-electron chi connectivity index (χ1n) is 5.34. The van der Waals surface area contributed by atoms with Crippen molar-refractivity contribution in [2.45, 2.75) is 37.5 Å². The standard InChI is InChI=1S/C10H21NO2S2/c1-10(2,15(3,12)13)8-11-9-4-6-14-7-5-9/h9,11H,4-8H2,1-3H3. The molecule has 0 spiro atoms. The maximum atomic E-state index is 11.5. The minimum Gasteiger partial charge on any atom is -0.312 e. The summed E-state index contributed by atoms with van der Waals surface area (Å²) in [5.41, 5.74) is 0. The molecule has 0 aliphatic carbocycles. The van der Waals surface area contributed by atoms with Gasteiger partial charge in [-0.2, -0.15) is 11.8 Å². The summed E-state index contributed by atoms with van der Waals surface area (Å²) < 4.78 is 22.3. The average molecular weight is 251 g/mol. The van der Waals surface area contributed by atoms with E-state index < -0.39 is 14.6 Å². The van der Waals surface area contributed by atoms with Crippen LogP contribution in [0.4, 0.5) is 0 Å². The Bertz CT molecular complexity index is 293. The molecule has 1 aliphatic rings. The number of rotatable bonds is 4. The predicted octanol–water partition coefficient (Wildman–Crippen LogP) is 1.29. The first-order valence-corrected chi connectivity index (χ1v) is 8.38. The number of nitrogens with one attached hydrogen (secondary N) is 1. The number of hydrogen-bond acceptors (Lipinski definition) is 4. The molecule has 0 radical (unpaired) electrons. The zero-order chi connectivity index (χ0) is 11.5. The zero-order valence-corrected chi connectivity index (χ0v) is 11.4. The Balaban J connectivity index is 2.41. The summed E-state index contributed by atoms with van der Waals surface area (Å²) in [6.07, 6.45) is 3.63. The van der Waals surface area contributed by atoms with Crippen LogP contribution in [0.15, 0.2) is 0 Å². The van der Waals surface area contributed by atoms with Gasteiger partial charge >= 0.3 is 0 Å². The van der Waals surface area contributed by atoms with Gasteiger partial charge < -0.3 is 5.32 Å². The maximum Gasteiger partial charge on any atom is 0.153 e. The molecule has 15 heavy (non-hydrogen) atoms. The van der Waals surface area contributed by atoms with Crippen LogP contribution < -0.4 is 5.32 Å². The molecule has 0 bridgehead atoms. The van der Waals surface area contributed by atoms with Gasteiger partial charge in [0.25, 0.3) is 0 Å². The Morgan fingerprint density at radius 3 is 2.33 bits per heavy atom. The molecule has 0 unspecified atom stereocenters. The van der Waals surface area contributed by atoms with E-state index in [2.05, 4.69) is 5.32 Å². The van der Waals surface area contributed by atoms with Crippen LogP contribution in [0.2, 0.25) is 0 Å². The second-order valence-electron chi connectivity index (χ2n) is 4.80. The lowest BCUT2D eigenvalue weighted by atomic mass is 10.1. The summed E-state index contributed by atoms with van der Waals surface area (Å²) in [7, 11) is -2.97. The van der Waals surface area contributed by atoms with Crippen molar-refractivity contribution in [1.82, 2.24) is 5.32 Å². The molecule has 0 saturated carbocycles. The number of hydrogen-bond donors (Lipinski definition) is 1. The fourth-order valence-corrected chi connectivity index (χ4v) is 2.87. The highest BCUT2D eigenvalue weighted by Gasteiger charge is 2.30. The summed E-state index contributed by atoms with van der Waals surface area (Å²) in [4.78, 5) is 0. The third-order valence-electron chi connectivity index (χ3n) is 3.04. The molecule has 0 aromatic rings. The van der Waals surface area contributed by atoms with Crippen LogP contribution in [-0.2, 0) is 9.84 Å². The summed E-state index contributed by atoms with van der Waals surface area (Å²) in [6.45, 7) is 4.13. The molecule has 0 aromatic carbocycles. The van der Waals surface area contributed by atoms with Gasteiger partial charge in [0.1, 0.15) is 0 Å². The van der Waals surface area contributed by atoms with Crippen LogP contribution in [0, 0.1) is 0 Å². The van der Waals surface area contributed by atoms with Gasteiger partial charge in [-0.3, -0.25) is 0 Å². The summed E-state index contributed by atoms with van der Waals surface area (Å²) >= 11 is 1.98. The van der Waals surface area contributed by atoms with Gasteiger partial charge in [-0.05, 0) is 38.2 Å². The number of thioether (sulfide) groups is 1. The molecule has 5 heteroatoms. The molecule has 0 amide bonds. The van der Waals surface area contributed by atoms with Crippen molar-refractivity contribution < 1.29 is 8.42 Å². The molecule has 0 atom stereocenters. The molecular formula is C10H21NO2S2. The lowest BCUT2D eigenvalue weighted by Gasteiger charge is -2.28. The van der Waals surface area contributed by atoms with Crippen LogP contribution in [0.5, 0.6) is 0 Å². The monoisotopic (exact) mass is 251 g/mol. The molecule has 1 rings (SSSR count). The average Bonchev–Trinajstić information content (AvgIpc) is 2.15. The van der Waals surface area contributed by atoms with E-state index in [9.17, 15) is 8.42 Å². The second-order valence-corrected chi connectivity index (χ2v) is 8.67. The van der Waals surface area contributed by atoms with Gasteiger partial charge in [-0.25, -0.2) is 8.42 Å². The topological polar surface area (TPSA) is 46.2 Å². The normalized spacial score (nSPS) is 20.5. The molecule has 1 aliphatic heterocycles. The van der Waals surface area contributed by atoms with Crippen molar-refractivity contribution >= 4 is 21.6 Å². The van der Waals surface area contributed by atoms with Gasteiger partial charge in [0.05, 0.1) is 4.75 Å². The lowest BCUT2D eigenvalue weighted by molar-refractivity contribution is 0.443. The van der Waals surface area contributed by atoms with Crippen molar-refractivity contribution in [3.05, 3.63) is 0 Å². The summed E-state index contributed by atoms with van der Waals surface area (Å²) in [5.74, 6) is 2.38. The van der Waals surface area contributed by atoms with Crippen LogP contribution in [0.3, 0.4) is 0 Å². The molecule has 3 nitrogen and oxygen atoms in total. The molecule has 1 N–H and O–H groups in total. The summed E-state index contributed by atoms with van der Waals surface area (Å²) in [6, 6.07) is 0.507. The smallest absolute Gasteiger partial charge is 0.153 e. The Labute approximate surface area is 97.3 Å². The minimum absolute atomic E-state index is 0.507. The second kappa shape index (κ2) is 5.06. The highest BCUT2D eigenvalue weighted by molar-refractivity contribution is 7.99. The predicted molar refractivity (Wildman–Crippen MR) is 67.3 cm³/mol. The van der Waals surface area contributed by atoms with Gasteiger partial charge in [0.2, 0.25) is 0 Å². The van der Waals surface area contributed by atoms with E-state index in [-0.39, 0.29) is 0 Å². The molecule has 1 fully saturated rings. The van der Waals surface area contributed by atoms with Crippen molar-refractivity contribution in [3.8, 4) is 0 Å². The van der Waals surface area contributed by atoms with Crippen molar-refractivity contribution in [1.29, 1.82) is 0 Å². The SMILES string of the molecule is CC(C)(CNC1CCSCC1)S(C)(=O)=O. The highest BCUT2D eigenvalue weighted by Crippen LogP contribution is 2.19. The maximum absolute atomic E-state index is 11.5. The van der Waals surface area contributed by atoms with E-state index in [1.807, 2.05) is 11.8 Å². The van der Waals surface area contributed by atoms with Crippen molar-refractivity contribution in [2.24, 2.45) is 0 Å². The van der Waals surface area contributed by atoms with Gasteiger partial charge in [-0.1, -0.05) is 0 Å². The Morgan fingerprint density at radius 2 is 1.87 bits per heavy atom. The third kappa shape index (κ3) is 3.96. The van der Waals surface area contributed by atoms with Crippen LogP contribution in [-0.4, -0.2) is 43.5 Å². The number of sulfone groups is 1. The first kappa shape index (κ1) is 13.3. The lowest BCUT2D eigenvalue weighted by Crippen LogP contribution is -2.46. The Morgan fingerprint density at radius 1 is 1.33 bits per heavy atom. The Kier molecular flexibility index (Phi) is 4.50. The molecule has 90 valence electrons. The van der Waals surface area contributed by atoms with E-state index in [4.69, 9.17) is 0 Å². The van der Waals surface area contributed by atoms with Crippen LogP contribution in [0.1, 0.15) is 26.7 Å². The molecular weight excluding hydrogens is 230 g/mol. The first-order chi connectivity index (χ1) is 6.83. The highest BCUT2D eigenvalue weighted by atomic mass is 32.2. The van der Waals surface area contributed by atoms with E-state index in [1.165, 1.54) is 17.8 Å². The molecule has 1 saturated heterocycles. The van der Waals surface area contributed by atoms with E-state index in [0.29, 0.717) is 12.6 Å². The van der Waals surface area contributed by atoms with Crippen LogP contribution >= 0.6 is 11.8 Å². The summed E-state index contributed by atoms with van der Waals surface area (Å²) in [5, 5.41) is 3.38.